The molecule has 0 radical (unpaired) electrons. The van der Waals surface area contributed by atoms with Gasteiger partial charge in [0.2, 0.25) is 0 Å². The molecule has 2 aliphatic heterocycles. The number of nitrogens with two attached hydrogens (primary N) is 1. The van der Waals surface area contributed by atoms with Crippen LogP contribution in [0.25, 0.3) is 0 Å². The number of ether oxygens (including phenoxy) is 1. The van der Waals surface area contributed by atoms with E-state index in [0.717, 1.165) is 25.6 Å². The summed E-state index contributed by atoms with van der Waals surface area (Å²) in [7, 11) is 4.39. The van der Waals surface area contributed by atoms with Crippen molar-refractivity contribution in [3.8, 4) is 0 Å². The molecule has 0 bridgehead atoms. The molecule has 1 saturated carbocycles. The quantitative estimate of drug-likeness (QED) is 0.843. The van der Waals surface area contributed by atoms with Crippen LogP contribution in [0.5, 0.6) is 0 Å². The van der Waals surface area contributed by atoms with Gasteiger partial charge in [-0.1, -0.05) is 13.8 Å². The number of nitrogens with zero attached hydrogens (tertiary/aromatic N) is 2. The van der Waals surface area contributed by atoms with Crippen molar-refractivity contribution in [3.05, 3.63) is 0 Å². The maximum atomic E-state index is 6.86. The van der Waals surface area contributed by atoms with E-state index in [-0.39, 0.29) is 11.0 Å². The van der Waals surface area contributed by atoms with Crippen molar-refractivity contribution in [2.75, 3.05) is 40.3 Å². The monoisotopic (exact) mass is 281 g/mol. The molecule has 4 heteroatoms. The summed E-state index contributed by atoms with van der Waals surface area (Å²) in [5.74, 6) is 0.573. The first-order valence-electron chi connectivity index (χ1n) is 8.15. The lowest BCUT2D eigenvalue weighted by Crippen LogP contribution is -2.78. The summed E-state index contributed by atoms with van der Waals surface area (Å²) in [6.07, 6.45) is 4.09. The van der Waals surface area contributed by atoms with Crippen molar-refractivity contribution < 1.29 is 4.74 Å². The van der Waals surface area contributed by atoms with Crippen LogP contribution in [0.1, 0.15) is 33.1 Å². The second-order valence-corrected chi connectivity index (χ2v) is 7.92. The number of piperidine rings is 1. The topological polar surface area (TPSA) is 41.7 Å². The molecule has 3 rings (SSSR count). The van der Waals surface area contributed by atoms with Gasteiger partial charge in [-0.15, -0.1) is 0 Å². The fourth-order valence-electron chi connectivity index (χ4n) is 4.76. The molecule has 0 amide bonds. The fourth-order valence-corrected chi connectivity index (χ4v) is 4.76. The van der Waals surface area contributed by atoms with Crippen LogP contribution in [0.15, 0.2) is 0 Å². The first kappa shape index (κ1) is 14.8. The Morgan fingerprint density at radius 2 is 1.85 bits per heavy atom. The molecule has 0 spiro atoms. The summed E-state index contributed by atoms with van der Waals surface area (Å²) in [5.41, 5.74) is 6.92. The number of likely N-dealkylation sites (tertiary alicyclic amines) is 1. The smallest absolute Gasteiger partial charge is 0.0691 e. The first-order chi connectivity index (χ1) is 9.36. The van der Waals surface area contributed by atoms with E-state index in [2.05, 4.69) is 37.7 Å². The lowest BCUT2D eigenvalue weighted by Gasteiger charge is -2.63. The van der Waals surface area contributed by atoms with Crippen molar-refractivity contribution in [1.29, 1.82) is 0 Å². The molecule has 2 saturated heterocycles. The van der Waals surface area contributed by atoms with Crippen LogP contribution < -0.4 is 5.73 Å². The zero-order chi connectivity index (χ0) is 14.5. The van der Waals surface area contributed by atoms with Gasteiger partial charge in [-0.05, 0) is 46.4 Å². The lowest BCUT2D eigenvalue weighted by atomic mass is 9.48. The highest BCUT2D eigenvalue weighted by molar-refractivity contribution is 5.21. The second-order valence-electron chi connectivity index (χ2n) is 7.92. The average Bonchev–Trinajstić information content (AvgIpc) is 2.87. The molecule has 0 aromatic heterocycles. The first-order valence-corrected chi connectivity index (χ1v) is 8.15. The highest BCUT2D eigenvalue weighted by Gasteiger charge is 2.67. The van der Waals surface area contributed by atoms with Crippen LogP contribution in [0.4, 0.5) is 0 Å². The van der Waals surface area contributed by atoms with Gasteiger partial charge in [-0.2, -0.15) is 0 Å². The van der Waals surface area contributed by atoms with E-state index in [9.17, 15) is 0 Å². The molecule has 3 aliphatic rings. The van der Waals surface area contributed by atoms with E-state index in [1.54, 1.807) is 0 Å². The third kappa shape index (κ3) is 2.04. The molecule has 2 heterocycles. The Morgan fingerprint density at radius 3 is 2.45 bits per heavy atom. The van der Waals surface area contributed by atoms with Crippen LogP contribution in [-0.2, 0) is 4.74 Å². The number of hydrogen-bond donors (Lipinski definition) is 1. The molecule has 0 aromatic carbocycles. The Morgan fingerprint density at radius 1 is 1.20 bits per heavy atom. The van der Waals surface area contributed by atoms with Crippen LogP contribution in [-0.4, -0.2) is 67.8 Å². The van der Waals surface area contributed by atoms with E-state index < -0.39 is 0 Å². The molecular formula is C16H31N3O. The van der Waals surface area contributed by atoms with Crippen LogP contribution in [0, 0.1) is 11.3 Å². The zero-order valence-corrected chi connectivity index (χ0v) is 13.6. The Kier molecular flexibility index (Phi) is 3.65. The normalized spacial score (nSPS) is 41.7. The van der Waals surface area contributed by atoms with Gasteiger partial charge in [0.25, 0.3) is 0 Å². The van der Waals surface area contributed by atoms with Gasteiger partial charge in [0.05, 0.1) is 6.10 Å². The van der Waals surface area contributed by atoms with Gasteiger partial charge in [0, 0.05) is 36.1 Å². The molecule has 1 aliphatic carbocycles. The third-order valence-electron chi connectivity index (χ3n) is 6.44. The summed E-state index contributed by atoms with van der Waals surface area (Å²) in [4.78, 5) is 4.96. The van der Waals surface area contributed by atoms with Crippen LogP contribution >= 0.6 is 0 Å². The highest BCUT2D eigenvalue weighted by atomic mass is 16.5. The van der Waals surface area contributed by atoms with Crippen molar-refractivity contribution in [3.63, 3.8) is 0 Å². The van der Waals surface area contributed by atoms with Crippen molar-refractivity contribution in [2.24, 2.45) is 17.1 Å². The molecule has 20 heavy (non-hydrogen) atoms. The number of fused-ring (bicyclic) bond motifs is 1. The number of hydrogen-bond acceptors (Lipinski definition) is 4. The molecule has 4 nitrogen and oxygen atoms in total. The maximum absolute atomic E-state index is 6.86. The summed E-state index contributed by atoms with van der Waals surface area (Å²) in [5, 5.41) is 0. The predicted octanol–water partition coefficient (Wildman–Crippen LogP) is 1.15. The predicted molar refractivity (Wildman–Crippen MR) is 81.7 cm³/mol. The van der Waals surface area contributed by atoms with Crippen molar-refractivity contribution >= 4 is 0 Å². The molecule has 3 atom stereocenters. The molecular weight excluding hydrogens is 250 g/mol. The van der Waals surface area contributed by atoms with Crippen LogP contribution in [0.2, 0.25) is 0 Å². The Balaban J connectivity index is 1.61. The Bertz CT molecular complexity index is 363. The minimum atomic E-state index is -0.0564. The molecule has 116 valence electrons. The van der Waals surface area contributed by atoms with E-state index in [1.807, 2.05) is 0 Å². The Hall–Kier alpha value is -0.160. The fraction of sp³-hybridized carbons (Fsp3) is 1.00. The van der Waals surface area contributed by atoms with E-state index in [4.69, 9.17) is 10.5 Å². The number of rotatable bonds is 3. The molecule has 0 aromatic rings. The zero-order valence-electron chi connectivity index (χ0n) is 13.6. The van der Waals surface area contributed by atoms with E-state index in [1.165, 1.54) is 25.9 Å². The summed E-state index contributed by atoms with van der Waals surface area (Å²) >= 11 is 0. The largest absolute Gasteiger partial charge is 0.377 e. The summed E-state index contributed by atoms with van der Waals surface area (Å²) in [6.45, 7) is 8.93. The van der Waals surface area contributed by atoms with Gasteiger partial charge in [0.1, 0.15) is 0 Å². The molecule has 3 unspecified atom stereocenters. The van der Waals surface area contributed by atoms with Crippen LogP contribution in [0.3, 0.4) is 0 Å². The molecule has 2 N–H and O–H groups in total. The minimum Gasteiger partial charge on any atom is -0.377 e. The minimum absolute atomic E-state index is 0.0564. The average molecular weight is 281 g/mol. The van der Waals surface area contributed by atoms with E-state index in [0.29, 0.717) is 12.0 Å². The second kappa shape index (κ2) is 4.94. The Labute approximate surface area is 123 Å². The van der Waals surface area contributed by atoms with E-state index >= 15 is 0 Å². The van der Waals surface area contributed by atoms with Gasteiger partial charge in [0.15, 0.2) is 0 Å². The van der Waals surface area contributed by atoms with Crippen molar-refractivity contribution in [2.45, 2.75) is 50.8 Å². The maximum Gasteiger partial charge on any atom is 0.0691 e. The van der Waals surface area contributed by atoms with Crippen molar-refractivity contribution in [1.82, 2.24) is 9.80 Å². The standard InChI is InChI=1S/C16H31N3O/c1-15(2)14-13(7-10-20-14)16(15,17)11-19-8-5-12(6-9-19)18(3)4/h12-14H,5-11,17H2,1-4H3. The SMILES string of the molecule is CN(C)C1CCN(CC2(N)C3CCOC3C2(C)C)CC1. The van der Waals surface area contributed by atoms with Gasteiger partial charge in [-0.3, -0.25) is 0 Å². The van der Waals surface area contributed by atoms with Gasteiger partial charge < -0.3 is 20.3 Å². The lowest BCUT2D eigenvalue weighted by molar-refractivity contribution is -0.164. The summed E-state index contributed by atoms with van der Waals surface area (Å²) < 4.78 is 5.90. The summed E-state index contributed by atoms with van der Waals surface area (Å²) in [6, 6.07) is 0.747. The van der Waals surface area contributed by atoms with Gasteiger partial charge >= 0.3 is 0 Å². The highest BCUT2D eigenvalue weighted by Crippen LogP contribution is 2.58. The third-order valence-corrected chi connectivity index (χ3v) is 6.44. The van der Waals surface area contributed by atoms with Gasteiger partial charge in [-0.25, -0.2) is 0 Å². The molecule has 3 fully saturated rings.